The van der Waals surface area contributed by atoms with Crippen LogP contribution in [0.4, 0.5) is 0 Å². The molecule has 1 N–H and O–H groups in total. The fourth-order valence-corrected chi connectivity index (χ4v) is 1.10. The Balaban J connectivity index is 2.40. The average Bonchev–Trinajstić information content (AvgIpc) is 1.90. The van der Waals surface area contributed by atoms with Gasteiger partial charge >= 0.3 is 0 Å². The van der Waals surface area contributed by atoms with Crippen molar-refractivity contribution in [3.63, 3.8) is 0 Å². The van der Waals surface area contributed by atoms with Gasteiger partial charge in [-0.3, -0.25) is 0 Å². The zero-order valence-corrected chi connectivity index (χ0v) is 6.28. The Bertz CT molecular complexity index is 116. The lowest BCUT2D eigenvalue weighted by Crippen LogP contribution is -2.24. The van der Waals surface area contributed by atoms with E-state index in [0.29, 0.717) is 6.04 Å². The molecule has 0 saturated carbocycles. The minimum atomic E-state index is 0.695. The zero-order valence-electron chi connectivity index (χ0n) is 6.28. The van der Waals surface area contributed by atoms with E-state index < -0.39 is 0 Å². The molecule has 0 aromatic carbocycles. The highest BCUT2D eigenvalue weighted by Gasteiger charge is 2.06. The van der Waals surface area contributed by atoms with Crippen LogP contribution in [-0.2, 0) is 0 Å². The molecule has 0 amide bonds. The predicted octanol–water partition coefficient (Wildman–Crippen LogP) is 2.05. The van der Waals surface area contributed by atoms with Crippen molar-refractivity contribution in [3.8, 4) is 0 Å². The van der Waals surface area contributed by atoms with Crippen LogP contribution in [0.5, 0.6) is 0 Å². The second-order valence-electron chi connectivity index (χ2n) is 2.76. The lowest BCUT2D eigenvalue weighted by atomic mass is 10.0. The Morgan fingerprint density at radius 1 is 1.78 bits per heavy atom. The fourth-order valence-electron chi connectivity index (χ4n) is 1.10. The van der Waals surface area contributed by atoms with Crippen LogP contribution < -0.4 is 5.32 Å². The van der Waals surface area contributed by atoms with Crippen LogP contribution in [0, 0.1) is 0 Å². The Morgan fingerprint density at radius 3 is 3.00 bits per heavy atom. The summed E-state index contributed by atoms with van der Waals surface area (Å²) in [5.74, 6) is 0. The Labute approximate surface area is 57.1 Å². The van der Waals surface area contributed by atoms with Crippen molar-refractivity contribution in [3.05, 3.63) is 11.8 Å². The lowest BCUT2D eigenvalue weighted by Gasteiger charge is -2.19. The van der Waals surface area contributed by atoms with Crippen LogP contribution in [0.3, 0.4) is 0 Å². The molecular formula is C8H15N. The van der Waals surface area contributed by atoms with Gasteiger partial charge in [0.05, 0.1) is 0 Å². The van der Waals surface area contributed by atoms with Gasteiger partial charge in [-0.05, 0) is 32.4 Å². The van der Waals surface area contributed by atoms with E-state index in [9.17, 15) is 0 Å². The molecule has 1 nitrogen and oxygen atoms in total. The normalized spacial score (nSPS) is 26.9. The molecule has 1 aliphatic rings. The molecular weight excluding hydrogens is 110 g/mol. The lowest BCUT2D eigenvalue weighted by molar-refractivity contribution is 0.546. The summed E-state index contributed by atoms with van der Waals surface area (Å²) in [5, 5.41) is 3.32. The van der Waals surface area contributed by atoms with Crippen molar-refractivity contribution in [1.29, 1.82) is 0 Å². The number of allylic oxidation sites excluding steroid dienone is 1. The Hall–Kier alpha value is -0.460. The van der Waals surface area contributed by atoms with Gasteiger partial charge in [0, 0.05) is 6.04 Å². The first-order valence-corrected chi connectivity index (χ1v) is 3.77. The van der Waals surface area contributed by atoms with Gasteiger partial charge in [0.25, 0.3) is 0 Å². The molecule has 9 heavy (non-hydrogen) atoms. The van der Waals surface area contributed by atoms with E-state index in [4.69, 9.17) is 0 Å². The average molecular weight is 125 g/mol. The van der Waals surface area contributed by atoms with Crippen molar-refractivity contribution in [2.45, 2.75) is 39.2 Å². The third-order valence-corrected chi connectivity index (χ3v) is 1.92. The van der Waals surface area contributed by atoms with E-state index in [-0.39, 0.29) is 0 Å². The largest absolute Gasteiger partial charge is 0.388 e. The van der Waals surface area contributed by atoms with Crippen LogP contribution in [0.1, 0.15) is 33.1 Å². The van der Waals surface area contributed by atoms with Gasteiger partial charge in [0.15, 0.2) is 0 Å². The molecule has 1 heteroatoms. The molecule has 1 atom stereocenters. The van der Waals surface area contributed by atoms with Crippen molar-refractivity contribution in [1.82, 2.24) is 5.32 Å². The molecule has 1 heterocycles. The molecule has 1 unspecified atom stereocenters. The zero-order chi connectivity index (χ0) is 6.69. The SMILES string of the molecule is CCC1=CNC(C)CC1. The van der Waals surface area contributed by atoms with Gasteiger partial charge < -0.3 is 5.32 Å². The smallest absolute Gasteiger partial charge is 0.0230 e. The summed E-state index contributed by atoms with van der Waals surface area (Å²) in [6.07, 6.45) is 5.98. The first-order valence-electron chi connectivity index (χ1n) is 3.77. The second kappa shape index (κ2) is 2.90. The maximum atomic E-state index is 3.32. The van der Waals surface area contributed by atoms with Gasteiger partial charge in [0.1, 0.15) is 0 Å². The summed E-state index contributed by atoms with van der Waals surface area (Å²) in [5.41, 5.74) is 1.56. The quantitative estimate of drug-likeness (QED) is 0.565. The molecule has 0 saturated heterocycles. The van der Waals surface area contributed by atoms with Crippen LogP contribution in [0.15, 0.2) is 11.8 Å². The maximum Gasteiger partial charge on any atom is 0.0230 e. The van der Waals surface area contributed by atoms with Crippen LogP contribution in [0.25, 0.3) is 0 Å². The Morgan fingerprint density at radius 2 is 2.56 bits per heavy atom. The molecule has 1 aliphatic heterocycles. The van der Waals surface area contributed by atoms with Crippen LogP contribution in [0.2, 0.25) is 0 Å². The maximum absolute atomic E-state index is 3.32. The fraction of sp³-hybridized carbons (Fsp3) is 0.750. The molecule has 0 radical (unpaired) electrons. The highest BCUT2D eigenvalue weighted by atomic mass is 14.9. The Kier molecular flexibility index (Phi) is 2.15. The third-order valence-electron chi connectivity index (χ3n) is 1.92. The van der Waals surface area contributed by atoms with Gasteiger partial charge in [0.2, 0.25) is 0 Å². The molecule has 0 spiro atoms. The van der Waals surface area contributed by atoms with Gasteiger partial charge in [-0.1, -0.05) is 12.5 Å². The highest BCUT2D eigenvalue weighted by molar-refractivity contribution is 5.04. The first-order chi connectivity index (χ1) is 4.33. The van der Waals surface area contributed by atoms with Crippen LogP contribution in [-0.4, -0.2) is 6.04 Å². The molecule has 0 aromatic rings. The monoisotopic (exact) mass is 125 g/mol. The van der Waals surface area contributed by atoms with E-state index in [1.165, 1.54) is 19.3 Å². The summed E-state index contributed by atoms with van der Waals surface area (Å²) in [6.45, 7) is 4.44. The van der Waals surface area contributed by atoms with Gasteiger partial charge in [-0.15, -0.1) is 0 Å². The first kappa shape index (κ1) is 6.66. The van der Waals surface area contributed by atoms with E-state index in [0.717, 1.165) is 0 Å². The molecule has 52 valence electrons. The summed E-state index contributed by atoms with van der Waals surface area (Å²) in [6, 6.07) is 0.695. The van der Waals surface area contributed by atoms with E-state index >= 15 is 0 Å². The standard InChI is InChI=1S/C8H15N/c1-3-8-5-4-7(2)9-6-8/h6-7,9H,3-5H2,1-2H3. The second-order valence-corrected chi connectivity index (χ2v) is 2.76. The molecule has 0 bridgehead atoms. The number of hydrogen-bond acceptors (Lipinski definition) is 1. The topological polar surface area (TPSA) is 12.0 Å². The number of hydrogen-bond donors (Lipinski definition) is 1. The third kappa shape index (κ3) is 1.74. The van der Waals surface area contributed by atoms with Crippen molar-refractivity contribution >= 4 is 0 Å². The van der Waals surface area contributed by atoms with Crippen molar-refractivity contribution < 1.29 is 0 Å². The predicted molar refractivity (Wildman–Crippen MR) is 40.2 cm³/mol. The number of rotatable bonds is 1. The highest BCUT2D eigenvalue weighted by Crippen LogP contribution is 2.14. The number of nitrogens with one attached hydrogen (secondary N) is 1. The summed E-state index contributed by atoms with van der Waals surface area (Å²) < 4.78 is 0. The van der Waals surface area contributed by atoms with Crippen LogP contribution >= 0.6 is 0 Å². The summed E-state index contributed by atoms with van der Waals surface area (Å²) in [4.78, 5) is 0. The molecule has 0 fully saturated rings. The summed E-state index contributed by atoms with van der Waals surface area (Å²) >= 11 is 0. The van der Waals surface area contributed by atoms with Crippen molar-refractivity contribution in [2.24, 2.45) is 0 Å². The van der Waals surface area contributed by atoms with E-state index in [1.807, 2.05) is 0 Å². The summed E-state index contributed by atoms with van der Waals surface area (Å²) in [7, 11) is 0. The van der Waals surface area contributed by atoms with E-state index in [1.54, 1.807) is 5.57 Å². The minimum absolute atomic E-state index is 0.695. The molecule has 1 rings (SSSR count). The van der Waals surface area contributed by atoms with Gasteiger partial charge in [-0.2, -0.15) is 0 Å². The van der Waals surface area contributed by atoms with Crippen molar-refractivity contribution in [2.75, 3.05) is 0 Å². The van der Waals surface area contributed by atoms with Gasteiger partial charge in [-0.25, -0.2) is 0 Å². The van der Waals surface area contributed by atoms with E-state index in [2.05, 4.69) is 25.4 Å². The molecule has 0 aliphatic carbocycles. The molecule has 0 aromatic heterocycles. The minimum Gasteiger partial charge on any atom is -0.388 e.